The van der Waals surface area contributed by atoms with Crippen molar-refractivity contribution >= 4 is 15.7 Å². The van der Waals surface area contributed by atoms with E-state index in [4.69, 9.17) is 0 Å². The number of nitrogens with zero attached hydrogens (tertiary/aromatic N) is 1. The first kappa shape index (κ1) is 16.7. The number of sulfone groups is 1. The van der Waals surface area contributed by atoms with Gasteiger partial charge in [-0.2, -0.15) is 0 Å². The van der Waals surface area contributed by atoms with Gasteiger partial charge in [-0.3, -0.25) is 10.1 Å². The van der Waals surface area contributed by atoms with Crippen molar-refractivity contribution in [1.29, 1.82) is 0 Å². The lowest BCUT2D eigenvalue weighted by Crippen LogP contribution is -2.43. The van der Waals surface area contributed by atoms with Crippen molar-refractivity contribution < 1.29 is 13.2 Å². The van der Waals surface area contributed by atoms with Crippen molar-refractivity contribution in [3.8, 4) is 0 Å². The van der Waals surface area contributed by atoms with E-state index in [1.165, 1.54) is 0 Å². The van der Waals surface area contributed by atoms with Gasteiger partial charge in [0, 0.05) is 6.54 Å². The molecule has 0 radical (unpaired) electrons. The molecule has 2 fully saturated rings. The summed E-state index contributed by atoms with van der Waals surface area (Å²) in [4.78, 5) is 14.4. The zero-order valence-electron chi connectivity index (χ0n) is 13.2. The molecule has 2 saturated heterocycles. The average Bonchev–Trinajstić information content (AvgIpc) is 2.91. The molecule has 3 atom stereocenters. The van der Waals surface area contributed by atoms with Crippen molar-refractivity contribution in [1.82, 2.24) is 10.2 Å². The Bertz CT molecular complexity index is 464. The van der Waals surface area contributed by atoms with Crippen LogP contribution < -0.4 is 5.32 Å². The van der Waals surface area contributed by atoms with Gasteiger partial charge in [-0.05, 0) is 25.7 Å². The molecule has 5 nitrogen and oxygen atoms in total. The lowest BCUT2D eigenvalue weighted by atomic mass is 10.1. The number of carbonyl (C=O) groups excluding carboxylic acids is 1. The summed E-state index contributed by atoms with van der Waals surface area (Å²) in [5.41, 5.74) is 0. The van der Waals surface area contributed by atoms with Gasteiger partial charge in [-0.15, -0.1) is 0 Å². The highest BCUT2D eigenvalue weighted by atomic mass is 32.2. The summed E-state index contributed by atoms with van der Waals surface area (Å²) in [6.45, 7) is 4.59. The predicted octanol–water partition coefficient (Wildman–Crippen LogP) is 1.68. The standard InChI is InChI=1S/C15H28N2O3S/c1-3-5-9-13-15(18)17(14(16-13)7-4-2)11-12-8-6-10-21(12,19)20/h12-14,16H,3-11H2,1-2H3. The van der Waals surface area contributed by atoms with E-state index in [1.54, 1.807) is 4.90 Å². The number of unbranched alkanes of at least 4 members (excludes halogenated alkanes) is 1. The van der Waals surface area contributed by atoms with E-state index in [9.17, 15) is 13.2 Å². The third-order valence-corrected chi connectivity index (χ3v) is 6.88. The van der Waals surface area contributed by atoms with Gasteiger partial charge in [0.05, 0.1) is 23.2 Å². The number of carbonyl (C=O) groups is 1. The summed E-state index contributed by atoms with van der Waals surface area (Å²) in [5, 5.41) is 3.06. The van der Waals surface area contributed by atoms with Crippen LogP contribution >= 0.6 is 0 Å². The summed E-state index contributed by atoms with van der Waals surface area (Å²) in [6.07, 6.45) is 6.27. The van der Waals surface area contributed by atoms with Crippen molar-refractivity contribution in [2.75, 3.05) is 12.3 Å². The molecule has 21 heavy (non-hydrogen) atoms. The number of hydrogen-bond donors (Lipinski definition) is 1. The smallest absolute Gasteiger partial charge is 0.241 e. The van der Waals surface area contributed by atoms with Gasteiger partial charge in [0.1, 0.15) is 0 Å². The van der Waals surface area contributed by atoms with Crippen molar-refractivity contribution in [2.24, 2.45) is 0 Å². The summed E-state index contributed by atoms with van der Waals surface area (Å²) in [6, 6.07) is -0.120. The molecule has 0 aromatic carbocycles. The molecule has 0 aromatic rings. The molecule has 2 aliphatic heterocycles. The van der Waals surface area contributed by atoms with Crippen molar-refractivity contribution in [2.45, 2.75) is 76.3 Å². The van der Waals surface area contributed by atoms with Gasteiger partial charge >= 0.3 is 0 Å². The third kappa shape index (κ3) is 3.77. The van der Waals surface area contributed by atoms with E-state index in [0.717, 1.165) is 38.5 Å². The van der Waals surface area contributed by atoms with Crippen LogP contribution in [0.4, 0.5) is 0 Å². The predicted molar refractivity (Wildman–Crippen MR) is 83.7 cm³/mol. The molecule has 6 heteroatoms. The fraction of sp³-hybridized carbons (Fsp3) is 0.933. The molecule has 1 N–H and O–H groups in total. The molecule has 122 valence electrons. The highest BCUT2D eigenvalue weighted by molar-refractivity contribution is 7.92. The number of hydrogen-bond acceptors (Lipinski definition) is 4. The second kappa shape index (κ2) is 7.09. The Morgan fingerprint density at radius 1 is 1.24 bits per heavy atom. The summed E-state index contributed by atoms with van der Waals surface area (Å²) in [7, 11) is -2.99. The van der Waals surface area contributed by atoms with Gasteiger partial charge in [0.25, 0.3) is 0 Å². The molecular formula is C15H28N2O3S. The minimum atomic E-state index is -2.99. The Hall–Kier alpha value is -0.620. The molecule has 0 bridgehead atoms. The number of rotatable bonds is 7. The van der Waals surface area contributed by atoms with Gasteiger partial charge in [-0.1, -0.05) is 33.1 Å². The van der Waals surface area contributed by atoms with Gasteiger partial charge < -0.3 is 4.90 Å². The lowest BCUT2D eigenvalue weighted by molar-refractivity contribution is -0.130. The maximum atomic E-state index is 12.6. The molecule has 2 aliphatic rings. The molecule has 2 heterocycles. The quantitative estimate of drug-likeness (QED) is 0.776. The third-order valence-electron chi connectivity index (χ3n) is 4.62. The molecule has 3 unspecified atom stereocenters. The van der Waals surface area contributed by atoms with E-state index in [0.29, 0.717) is 13.0 Å². The lowest BCUT2D eigenvalue weighted by Gasteiger charge is -2.26. The van der Waals surface area contributed by atoms with Crippen LogP contribution in [0.2, 0.25) is 0 Å². The van der Waals surface area contributed by atoms with Crippen LogP contribution in [0.5, 0.6) is 0 Å². The Labute approximate surface area is 128 Å². The SMILES string of the molecule is CCCCC1NC(CCC)N(CC2CCCS2(=O)=O)C1=O. The molecule has 0 aromatic heterocycles. The number of nitrogens with one attached hydrogen (secondary N) is 1. The zero-order chi connectivity index (χ0) is 15.5. The first-order valence-corrected chi connectivity index (χ1v) is 9.99. The second-order valence-electron chi connectivity index (χ2n) is 6.29. The van der Waals surface area contributed by atoms with Crippen LogP contribution in [-0.4, -0.2) is 49.0 Å². The Balaban J connectivity index is 2.05. The molecule has 2 rings (SSSR count). The van der Waals surface area contributed by atoms with Crippen LogP contribution in [-0.2, 0) is 14.6 Å². The zero-order valence-corrected chi connectivity index (χ0v) is 14.0. The van der Waals surface area contributed by atoms with Crippen molar-refractivity contribution in [3.63, 3.8) is 0 Å². The second-order valence-corrected chi connectivity index (χ2v) is 8.69. The van der Waals surface area contributed by atoms with Crippen LogP contribution in [0.25, 0.3) is 0 Å². The molecule has 0 saturated carbocycles. The monoisotopic (exact) mass is 316 g/mol. The summed E-state index contributed by atoms with van der Waals surface area (Å²) < 4.78 is 24.0. The van der Waals surface area contributed by atoms with Crippen LogP contribution in [0.1, 0.15) is 58.8 Å². The minimum Gasteiger partial charge on any atom is -0.324 e. The Morgan fingerprint density at radius 2 is 2.00 bits per heavy atom. The van der Waals surface area contributed by atoms with Crippen LogP contribution in [0.3, 0.4) is 0 Å². The van der Waals surface area contributed by atoms with Crippen LogP contribution in [0.15, 0.2) is 0 Å². The fourth-order valence-corrected chi connectivity index (χ4v) is 5.19. The van der Waals surface area contributed by atoms with E-state index < -0.39 is 9.84 Å². The highest BCUT2D eigenvalue weighted by Gasteiger charge is 2.42. The van der Waals surface area contributed by atoms with E-state index >= 15 is 0 Å². The van der Waals surface area contributed by atoms with Gasteiger partial charge in [-0.25, -0.2) is 8.42 Å². The van der Waals surface area contributed by atoms with E-state index in [-0.39, 0.29) is 29.1 Å². The average molecular weight is 316 g/mol. The van der Waals surface area contributed by atoms with E-state index in [2.05, 4.69) is 19.2 Å². The first-order valence-electron chi connectivity index (χ1n) is 8.27. The normalized spacial score (nSPS) is 32.0. The fourth-order valence-electron chi connectivity index (χ4n) is 3.37. The highest BCUT2D eigenvalue weighted by Crippen LogP contribution is 2.25. The maximum absolute atomic E-state index is 12.6. The summed E-state index contributed by atoms with van der Waals surface area (Å²) >= 11 is 0. The van der Waals surface area contributed by atoms with Gasteiger partial charge in [0.15, 0.2) is 9.84 Å². The largest absolute Gasteiger partial charge is 0.324 e. The van der Waals surface area contributed by atoms with Gasteiger partial charge in [0.2, 0.25) is 5.91 Å². The van der Waals surface area contributed by atoms with E-state index in [1.807, 2.05) is 0 Å². The molecule has 1 amide bonds. The number of amides is 1. The van der Waals surface area contributed by atoms with Crippen LogP contribution in [0, 0.1) is 0 Å². The topological polar surface area (TPSA) is 66.5 Å². The Kier molecular flexibility index (Phi) is 5.66. The maximum Gasteiger partial charge on any atom is 0.241 e. The van der Waals surface area contributed by atoms with Crippen molar-refractivity contribution in [3.05, 3.63) is 0 Å². The first-order chi connectivity index (χ1) is 9.99. The molecular weight excluding hydrogens is 288 g/mol. The summed E-state index contributed by atoms with van der Waals surface area (Å²) in [5.74, 6) is 0.383. The molecule has 0 aliphatic carbocycles. The Morgan fingerprint density at radius 3 is 2.57 bits per heavy atom. The minimum absolute atomic E-state index is 0.0140. The molecule has 0 spiro atoms.